The minimum absolute atomic E-state index is 0.133. The summed E-state index contributed by atoms with van der Waals surface area (Å²) in [7, 11) is 1.41. The van der Waals surface area contributed by atoms with Crippen molar-refractivity contribution in [3.05, 3.63) is 60.2 Å². The Morgan fingerprint density at radius 3 is 2.20 bits per heavy atom. The Balaban J connectivity index is 2.01. The number of carbonyl (C=O) groups is 1. The summed E-state index contributed by atoms with van der Waals surface area (Å²) in [5.41, 5.74) is 1.09. The van der Waals surface area contributed by atoms with Gasteiger partial charge < -0.3 is 9.47 Å². The van der Waals surface area contributed by atoms with Crippen molar-refractivity contribution in [3.63, 3.8) is 0 Å². The summed E-state index contributed by atoms with van der Waals surface area (Å²) in [6, 6.07) is 17.4. The molecule has 1 atom stereocenters. The van der Waals surface area contributed by atoms with E-state index in [4.69, 9.17) is 4.74 Å². The first kappa shape index (κ1) is 14.1. The van der Waals surface area contributed by atoms with Gasteiger partial charge in [-0.1, -0.05) is 37.3 Å². The molecule has 0 saturated heterocycles. The highest BCUT2D eigenvalue weighted by Gasteiger charge is 2.11. The summed E-state index contributed by atoms with van der Waals surface area (Å²) >= 11 is 0. The Hall–Kier alpha value is -2.29. The molecule has 0 bridgehead atoms. The second kappa shape index (κ2) is 6.75. The van der Waals surface area contributed by atoms with Crippen LogP contribution in [0, 0.1) is 0 Å². The molecular weight excluding hydrogens is 252 g/mol. The van der Waals surface area contributed by atoms with Crippen LogP contribution in [-0.2, 0) is 9.53 Å². The summed E-state index contributed by atoms with van der Waals surface area (Å²) in [6.07, 6.45) is 0.384. The standard InChI is InChI=1S/C17H18O3/c1-13(12-17(18)19-2)14-8-10-16(11-9-14)20-15-6-4-3-5-7-15/h3-11,13H,12H2,1-2H3. The predicted molar refractivity (Wildman–Crippen MR) is 78.0 cm³/mol. The van der Waals surface area contributed by atoms with Crippen molar-refractivity contribution in [2.24, 2.45) is 0 Å². The van der Waals surface area contributed by atoms with Gasteiger partial charge in [0, 0.05) is 0 Å². The zero-order chi connectivity index (χ0) is 14.4. The van der Waals surface area contributed by atoms with Gasteiger partial charge in [0.15, 0.2) is 0 Å². The van der Waals surface area contributed by atoms with E-state index >= 15 is 0 Å². The number of benzene rings is 2. The van der Waals surface area contributed by atoms with E-state index in [-0.39, 0.29) is 11.9 Å². The number of ether oxygens (including phenoxy) is 2. The molecule has 3 nitrogen and oxygen atoms in total. The van der Waals surface area contributed by atoms with Crippen molar-refractivity contribution < 1.29 is 14.3 Å². The molecule has 0 aromatic heterocycles. The van der Waals surface area contributed by atoms with E-state index in [1.54, 1.807) is 0 Å². The smallest absolute Gasteiger partial charge is 0.306 e. The average Bonchev–Trinajstić information content (AvgIpc) is 2.49. The fraction of sp³-hybridized carbons (Fsp3) is 0.235. The molecule has 0 N–H and O–H groups in total. The first-order chi connectivity index (χ1) is 9.69. The highest BCUT2D eigenvalue weighted by atomic mass is 16.5. The molecule has 2 aromatic carbocycles. The van der Waals surface area contributed by atoms with E-state index in [1.165, 1.54) is 7.11 Å². The van der Waals surface area contributed by atoms with Crippen molar-refractivity contribution in [3.8, 4) is 11.5 Å². The Kier molecular flexibility index (Phi) is 4.77. The van der Waals surface area contributed by atoms with Gasteiger partial charge in [-0.15, -0.1) is 0 Å². The van der Waals surface area contributed by atoms with Gasteiger partial charge in [0.05, 0.1) is 13.5 Å². The average molecular weight is 270 g/mol. The molecule has 104 valence electrons. The molecule has 0 spiro atoms. The fourth-order valence-electron chi connectivity index (χ4n) is 1.94. The first-order valence-electron chi connectivity index (χ1n) is 6.58. The van der Waals surface area contributed by atoms with Crippen molar-refractivity contribution in [1.82, 2.24) is 0 Å². The Morgan fingerprint density at radius 2 is 1.60 bits per heavy atom. The number of esters is 1. The maximum absolute atomic E-state index is 11.3. The monoisotopic (exact) mass is 270 g/mol. The molecule has 1 unspecified atom stereocenters. The van der Waals surface area contributed by atoms with Gasteiger partial charge in [-0.2, -0.15) is 0 Å². The van der Waals surface area contributed by atoms with E-state index in [0.29, 0.717) is 6.42 Å². The fourth-order valence-corrected chi connectivity index (χ4v) is 1.94. The summed E-state index contributed by atoms with van der Waals surface area (Å²) in [5, 5.41) is 0. The van der Waals surface area contributed by atoms with Crippen LogP contribution in [0.2, 0.25) is 0 Å². The predicted octanol–water partition coefficient (Wildman–Crippen LogP) is 4.15. The second-order valence-corrected chi connectivity index (χ2v) is 4.67. The van der Waals surface area contributed by atoms with Crippen LogP contribution in [0.3, 0.4) is 0 Å². The van der Waals surface area contributed by atoms with E-state index in [1.807, 2.05) is 61.5 Å². The number of para-hydroxylation sites is 1. The molecule has 2 rings (SSSR count). The molecule has 0 fully saturated rings. The third-order valence-electron chi connectivity index (χ3n) is 3.13. The van der Waals surface area contributed by atoms with Gasteiger partial charge in [0.2, 0.25) is 0 Å². The van der Waals surface area contributed by atoms with Gasteiger partial charge in [0.1, 0.15) is 11.5 Å². The quantitative estimate of drug-likeness (QED) is 0.766. The minimum Gasteiger partial charge on any atom is -0.469 e. The lowest BCUT2D eigenvalue weighted by Gasteiger charge is -2.11. The zero-order valence-corrected chi connectivity index (χ0v) is 11.7. The van der Waals surface area contributed by atoms with Crippen LogP contribution in [0.1, 0.15) is 24.8 Å². The van der Waals surface area contributed by atoms with Crippen molar-refractivity contribution >= 4 is 5.97 Å². The summed E-state index contributed by atoms with van der Waals surface area (Å²) in [6.45, 7) is 2.00. The SMILES string of the molecule is COC(=O)CC(C)c1ccc(Oc2ccccc2)cc1. The second-order valence-electron chi connectivity index (χ2n) is 4.67. The van der Waals surface area contributed by atoms with E-state index in [9.17, 15) is 4.79 Å². The van der Waals surface area contributed by atoms with Crippen molar-refractivity contribution in [2.75, 3.05) is 7.11 Å². The Morgan fingerprint density at radius 1 is 1.00 bits per heavy atom. The molecule has 2 aromatic rings. The highest BCUT2D eigenvalue weighted by molar-refractivity contribution is 5.70. The van der Waals surface area contributed by atoms with Crippen LogP contribution in [0.5, 0.6) is 11.5 Å². The van der Waals surface area contributed by atoms with Crippen molar-refractivity contribution in [1.29, 1.82) is 0 Å². The van der Waals surface area contributed by atoms with Gasteiger partial charge >= 0.3 is 5.97 Å². The Bertz CT molecular complexity index is 546. The van der Waals surface area contributed by atoms with Crippen LogP contribution in [0.15, 0.2) is 54.6 Å². The lowest BCUT2D eigenvalue weighted by molar-refractivity contribution is -0.140. The molecule has 0 saturated carbocycles. The number of hydrogen-bond acceptors (Lipinski definition) is 3. The molecule has 0 aliphatic heterocycles. The number of carbonyl (C=O) groups excluding carboxylic acids is 1. The Labute approximate surface area is 119 Å². The summed E-state index contributed by atoms with van der Waals surface area (Å²) < 4.78 is 10.4. The summed E-state index contributed by atoms with van der Waals surface area (Å²) in [4.78, 5) is 11.3. The summed E-state index contributed by atoms with van der Waals surface area (Å²) in [5.74, 6) is 1.53. The van der Waals surface area contributed by atoms with Crippen LogP contribution in [0.25, 0.3) is 0 Å². The molecule has 0 heterocycles. The van der Waals surface area contributed by atoms with Crippen LogP contribution >= 0.6 is 0 Å². The van der Waals surface area contributed by atoms with E-state index in [2.05, 4.69) is 4.74 Å². The molecule has 20 heavy (non-hydrogen) atoms. The van der Waals surface area contributed by atoms with Crippen LogP contribution < -0.4 is 4.74 Å². The zero-order valence-electron chi connectivity index (χ0n) is 11.7. The van der Waals surface area contributed by atoms with E-state index < -0.39 is 0 Å². The number of methoxy groups -OCH3 is 1. The largest absolute Gasteiger partial charge is 0.469 e. The third-order valence-corrected chi connectivity index (χ3v) is 3.13. The van der Waals surface area contributed by atoms with Gasteiger partial charge in [0.25, 0.3) is 0 Å². The first-order valence-corrected chi connectivity index (χ1v) is 6.58. The maximum Gasteiger partial charge on any atom is 0.306 e. The van der Waals surface area contributed by atoms with Crippen LogP contribution in [0.4, 0.5) is 0 Å². The molecule has 0 radical (unpaired) electrons. The molecule has 3 heteroatoms. The topological polar surface area (TPSA) is 35.5 Å². The van der Waals surface area contributed by atoms with Gasteiger partial charge in [-0.3, -0.25) is 4.79 Å². The van der Waals surface area contributed by atoms with Gasteiger partial charge in [-0.05, 0) is 35.7 Å². The lowest BCUT2D eigenvalue weighted by atomic mass is 9.98. The normalized spacial score (nSPS) is 11.7. The molecular formula is C17H18O3. The number of rotatable bonds is 5. The lowest BCUT2D eigenvalue weighted by Crippen LogP contribution is -2.05. The molecule has 0 aliphatic carbocycles. The van der Waals surface area contributed by atoms with Gasteiger partial charge in [-0.25, -0.2) is 0 Å². The highest BCUT2D eigenvalue weighted by Crippen LogP contribution is 2.25. The van der Waals surface area contributed by atoms with Crippen molar-refractivity contribution in [2.45, 2.75) is 19.3 Å². The van der Waals surface area contributed by atoms with Crippen LogP contribution in [-0.4, -0.2) is 13.1 Å². The minimum atomic E-state index is -0.192. The van der Waals surface area contributed by atoms with E-state index in [0.717, 1.165) is 17.1 Å². The third kappa shape index (κ3) is 3.85. The maximum atomic E-state index is 11.3. The number of hydrogen-bond donors (Lipinski definition) is 0. The molecule has 0 amide bonds. The molecule has 0 aliphatic rings.